The molecule has 0 bridgehead atoms. The predicted octanol–water partition coefficient (Wildman–Crippen LogP) is 17.0. The van der Waals surface area contributed by atoms with Gasteiger partial charge in [0, 0.05) is 55.4 Å². The van der Waals surface area contributed by atoms with Gasteiger partial charge in [-0.1, -0.05) is 159 Å². The van der Waals surface area contributed by atoms with E-state index in [1.54, 1.807) is 0 Å². The smallest absolute Gasteiger partial charge is 0.0547 e. The van der Waals surface area contributed by atoms with Gasteiger partial charge in [-0.3, -0.25) is 0 Å². The predicted molar refractivity (Wildman–Crippen MR) is 278 cm³/mol. The molecule has 2 aromatic heterocycles. The molecule has 0 aliphatic heterocycles. The summed E-state index contributed by atoms with van der Waals surface area (Å²) < 4.78 is 4.79. The lowest BCUT2D eigenvalue weighted by molar-refractivity contribution is 0.660. The number of rotatable bonds is 7. The van der Waals surface area contributed by atoms with Crippen LogP contribution in [0.15, 0.2) is 237 Å². The first-order valence-corrected chi connectivity index (χ1v) is 22.9. The Morgan fingerprint density at radius 3 is 1.33 bits per heavy atom. The van der Waals surface area contributed by atoms with Crippen LogP contribution in [0, 0.1) is 0 Å². The SMILES string of the molecule is CC1(C)c2cc(-c3ccc4c5ccccc5n(-c5ccccc5)c4c3)ccc2-c2ccc(N(c3ccc(-c4ccccc4)cc3)c3ccc(-n4c5ccccc5c5ccccc54)cc3)cc21. The van der Waals surface area contributed by atoms with Gasteiger partial charge in [-0.25, -0.2) is 0 Å². The van der Waals surface area contributed by atoms with E-state index in [4.69, 9.17) is 0 Å². The van der Waals surface area contributed by atoms with Gasteiger partial charge in [-0.15, -0.1) is 0 Å². The maximum absolute atomic E-state index is 2.44. The lowest BCUT2D eigenvalue weighted by Crippen LogP contribution is -2.16. The number of benzene rings is 10. The molecule has 0 saturated carbocycles. The molecule has 0 spiro atoms. The van der Waals surface area contributed by atoms with Gasteiger partial charge in [0.2, 0.25) is 0 Å². The van der Waals surface area contributed by atoms with Crippen LogP contribution in [0.5, 0.6) is 0 Å². The molecule has 3 nitrogen and oxygen atoms in total. The Balaban J connectivity index is 0.905. The monoisotopic (exact) mass is 843 g/mol. The first-order valence-electron chi connectivity index (χ1n) is 22.9. The van der Waals surface area contributed by atoms with Crippen molar-refractivity contribution in [1.82, 2.24) is 9.13 Å². The van der Waals surface area contributed by atoms with Crippen LogP contribution in [0.2, 0.25) is 0 Å². The van der Waals surface area contributed by atoms with Crippen LogP contribution in [-0.4, -0.2) is 9.13 Å². The Morgan fingerprint density at radius 1 is 0.303 bits per heavy atom. The van der Waals surface area contributed by atoms with Crippen LogP contribution in [0.4, 0.5) is 17.1 Å². The minimum absolute atomic E-state index is 0.233. The van der Waals surface area contributed by atoms with E-state index >= 15 is 0 Å². The number of hydrogen-bond donors (Lipinski definition) is 0. The molecule has 13 rings (SSSR count). The Bertz CT molecular complexity index is 3760. The molecule has 12 aromatic rings. The average Bonchev–Trinajstić information content (AvgIpc) is 3.97. The molecule has 2 heterocycles. The molecule has 66 heavy (non-hydrogen) atoms. The van der Waals surface area contributed by atoms with Crippen molar-refractivity contribution in [2.75, 3.05) is 4.90 Å². The number of anilines is 3. The number of nitrogens with zero attached hydrogens (tertiary/aromatic N) is 3. The van der Waals surface area contributed by atoms with E-state index in [1.165, 1.54) is 93.8 Å². The molecule has 0 atom stereocenters. The maximum atomic E-state index is 2.44. The summed E-state index contributed by atoms with van der Waals surface area (Å²) in [5.41, 5.74) is 20.4. The highest BCUT2D eigenvalue weighted by molar-refractivity contribution is 6.11. The molecule has 0 N–H and O–H groups in total. The van der Waals surface area contributed by atoms with Crippen LogP contribution in [0.3, 0.4) is 0 Å². The molecule has 0 fully saturated rings. The quantitative estimate of drug-likeness (QED) is 0.156. The van der Waals surface area contributed by atoms with Gasteiger partial charge in [0.05, 0.1) is 22.1 Å². The van der Waals surface area contributed by atoms with Crippen molar-refractivity contribution < 1.29 is 0 Å². The van der Waals surface area contributed by atoms with Crippen molar-refractivity contribution in [2.24, 2.45) is 0 Å². The van der Waals surface area contributed by atoms with E-state index in [1.807, 2.05) is 0 Å². The molecule has 10 aromatic carbocycles. The summed E-state index contributed by atoms with van der Waals surface area (Å²) in [4.78, 5) is 2.41. The van der Waals surface area contributed by atoms with E-state index in [2.05, 4.69) is 264 Å². The second-order valence-corrected chi connectivity index (χ2v) is 18.2. The third kappa shape index (κ3) is 5.90. The summed E-state index contributed by atoms with van der Waals surface area (Å²) in [6, 6.07) is 86.8. The zero-order chi connectivity index (χ0) is 43.9. The number of aromatic nitrogens is 2. The zero-order valence-corrected chi connectivity index (χ0v) is 36.9. The molecule has 0 unspecified atom stereocenters. The molecular formula is C63H45N3. The van der Waals surface area contributed by atoms with Gasteiger partial charge in [0.15, 0.2) is 0 Å². The number of para-hydroxylation sites is 4. The van der Waals surface area contributed by atoms with E-state index in [9.17, 15) is 0 Å². The second-order valence-electron chi connectivity index (χ2n) is 18.2. The second kappa shape index (κ2) is 14.8. The van der Waals surface area contributed by atoms with Gasteiger partial charge in [0.1, 0.15) is 0 Å². The third-order valence-electron chi connectivity index (χ3n) is 14.1. The fraction of sp³-hybridized carbons (Fsp3) is 0.0476. The number of hydrogen-bond acceptors (Lipinski definition) is 1. The topological polar surface area (TPSA) is 13.1 Å². The first-order chi connectivity index (χ1) is 32.5. The summed E-state index contributed by atoms with van der Waals surface area (Å²) in [7, 11) is 0. The number of fused-ring (bicyclic) bond motifs is 9. The molecule has 0 saturated heterocycles. The average molecular weight is 844 g/mol. The highest BCUT2D eigenvalue weighted by Crippen LogP contribution is 2.52. The standard InChI is InChI=1S/C63H45N3/c1-63(2)57-39-44(45-28-37-56-55-21-11-14-24-61(55)66(62(56)40-45)46-17-7-4-8-18-46)27-36-51(57)52-38-35-50(41-58(52)63)64(47-29-25-43(26-30-47)42-15-5-3-6-16-42)48-31-33-49(34-32-48)65-59-22-12-9-19-53(59)54-20-10-13-23-60(54)65/h3-41H,1-2H3. The molecule has 0 amide bonds. The van der Waals surface area contributed by atoms with Crippen LogP contribution in [0.25, 0.3) is 88.4 Å². The van der Waals surface area contributed by atoms with Crippen LogP contribution < -0.4 is 4.90 Å². The van der Waals surface area contributed by atoms with Crippen LogP contribution in [-0.2, 0) is 5.41 Å². The molecule has 312 valence electrons. The summed E-state index contributed by atoms with van der Waals surface area (Å²) in [6.45, 7) is 4.78. The van der Waals surface area contributed by atoms with E-state index < -0.39 is 0 Å². The molecule has 0 radical (unpaired) electrons. The zero-order valence-electron chi connectivity index (χ0n) is 36.9. The van der Waals surface area contributed by atoms with Crippen molar-refractivity contribution in [2.45, 2.75) is 19.3 Å². The fourth-order valence-corrected chi connectivity index (χ4v) is 10.9. The summed E-state index contributed by atoms with van der Waals surface area (Å²) in [5, 5.41) is 5.06. The van der Waals surface area contributed by atoms with Gasteiger partial charge in [0.25, 0.3) is 0 Å². The lowest BCUT2D eigenvalue weighted by Gasteiger charge is -2.28. The molecular weight excluding hydrogens is 799 g/mol. The highest BCUT2D eigenvalue weighted by Gasteiger charge is 2.36. The molecule has 3 heteroatoms. The largest absolute Gasteiger partial charge is 0.310 e. The fourth-order valence-electron chi connectivity index (χ4n) is 10.9. The normalized spacial score (nSPS) is 12.8. The Hall–Kier alpha value is -8.40. The Morgan fingerprint density at radius 2 is 0.712 bits per heavy atom. The van der Waals surface area contributed by atoms with Crippen molar-refractivity contribution >= 4 is 60.7 Å². The van der Waals surface area contributed by atoms with E-state index in [-0.39, 0.29) is 5.41 Å². The van der Waals surface area contributed by atoms with E-state index in [0.29, 0.717) is 0 Å². The Labute approximate surface area is 384 Å². The molecule has 1 aliphatic carbocycles. The van der Waals surface area contributed by atoms with Gasteiger partial charge in [-0.2, -0.15) is 0 Å². The Kier molecular flexibility index (Phi) is 8.56. The van der Waals surface area contributed by atoms with Crippen LogP contribution in [0.1, 0.15) is 25.0 Å². The first kappa shape index (κ1) is 38.1. The van der Waals surface area contributed by atoms with E-state index in [0.717, 1.165) is 22.7 Å². The van der Waals surface area contributed by atoms with Crippen molar-refractivity contribution in [3.8, 4) is 44.8 Å². The minimum Gasteiger partial charge on any atom is -0.310 e. The summed E-state index contributed by atoms with van der Waals surface area (Å²) >= 11 is 0. The van der Waals surface area contributed by atoms with Crippen molar-refractivity contribution in [3.63, 3.8) is 0 Å². The molecule has 1 aliphatic rings. The summed E-state index contributed by atoms with van der Waals surface area (Å²) in [5.74, 6) is 0. The van der Waals surface area contributed by atoms with Crippen molar-refractivity contribution in [1.29, 1.82) is 0 Å². The minimum atomic E-state index is -0.233. The van der Waals surface area contributed by atoms with Gasteiger partial charge in [-0.05, 0) is 136 Å². The summed E-state index contributed by atoms with van der Waals surface area (Å²) in [6.07, 6.45) is 0. The lowest BCUT2D eigenvalue weighted by atomic mass is 9.81. The highest BCUT2D eigenvalue weighted by atomic mass is 15.1. The maximum Gasteiger partial charge on any atom is 0.0547 e. The van der Waals surface area contributed by atoms with Crippen molar-refractivity contribution in [3.05, 3.63) is 248 Å². The van der Waals surface area contributed by atoms with Gasteiger partial charge < -0.3 is 14.0 Å². The van der Waals surface area contributed by atoms with Crippen LogP contribution >= 0.6 is 0 Å². The van der Waals surface area contributed by atoms with Gasteiger partial charge >= 0.3 is 0 Å². The third-order valence-corrected chi connectivity index (χ3v) is 14.1.